The normalized spacial score (nSPS) is 14.5. The van der Waals surface area contributed by atoms with Crippen LogP contribution in [0, 0.1) is 12.8 Å². The maximum Gasteiger partial charge on any atom is 0.0705 e. The number of nitrogens with one attached hydrogen (secondary N) is 1. The fourth-order valence-corrected chi connectivity index (χ4v) is 2.03. The Balaban J connectivity index is 2.07. The Labute approximate surface area is 114 Å². The molecule has 0 radical (unpaired) electrons. The smallest absolute Gasteiger partial charge is 0.0705 e. The molecule has 1 aromatic carbocycles. The van der Waals surface area contributed by atoms with Crippen LogP contribution in [-0.2, 0) is 6.54 Å². The van der Waals surface area contributed by atoms with Crippen molar-refractivity contribution in [1.29, 1.82) is 0 Å². The summed E-state index contributed by atoms with van der Waals surface area (Å²) in [7, 11) is 0. The van der Waals surface area contributed by atoms with Gasteiger partial charge in [-0.2, -0.15) is 0 Å². The van der Waals surface area contributed by atoms with E-state index in [1.165, 1.54) is 10.9 Å². The van der Waals surface area contributed by atoms with Crippen LogP contribution < -0.4 is 5.32 Å². The lowest BCUT2D eigenvalue weighted by molar-refractivity contribution is 0.207. The third kappa shape index (κ3) is 3.52. The summed E-state index contributed by atoms with van der Waals surface area (Å²) >= 11 is 0. The molecule has 0 aliphatic carbocycles. The summed E-state index contributed by atoms with van der Waals surface area (Å²) in [6.45, 7) is 7.19. The van der Waals surface area contributed by atoms with Crippen LogP contribution in [0.4, 0.5) is 0 Å². The molecule has 0 fully saturated rings. The minimum Gasteiger partial charge on any atom is -0.396 e. The lowest BCUT2D eigenvalue weighted by atomic mass is 10.0. The predicted octanol–water partition coefficient (Wildman–Crippen LogP) is 2.65. The van der Waals surface area contributed by atoms with E-state index in [0.717, 1.165) is 17.8 Å². The van der Waals surface area contributed by atoms with E-state index >= 15 is 0 Å². The maximum absolute atomic E-state index is 9.12. The maximum atomic E-state index is 9.12. The number of aryl methyl sites for hydroxylation is 1. The molecule has 0 spiro atoms. The van der Waals surface area contributed by atoms with Crippen molar-refractivity contribution in [2.75, 3.05) is 6.61 Å². The lowest BCUT2D eigenvalue weighted by Crippen LogP contribution is -2.33. The minimum absolute atomic E-state index is 0.217. The topological polar surface area (TPSA) is 45.1 Å². The third-order valence-corrected chi connectivity index (χ3v) is 3.66. The van der Waals surface area contributed by atoms with Crippen molar-refractivity contribution in [2.24, 2.45) is 5.92 Å². The monoisotopic (exact) mass is 258 g/mol. The third-order valence-electron chi connectivity index (χ3n) is 3.66. The second-order valence-electron chi connectivity index (χ2n) is 5.31. The first kappa shape index (κ1) is 14.0. The molecule has 0 amide bonds. The van der Waals surface area contributed by atoms with Crippen molar-refractivity contribution in [3.63, 3.8) is 0 Å². The molecule has 2 N–H and O–H groups in total. The Bertz CT molecular complexity index is 553. The minimum atomic E-state index is 0.217. The molecule has 2 unspecified atom stereocenters. The Morgan fingerprint density at radius 2 is 2.00 bits per heavy atom. The van der Waals surface area contributed by atoms with Gasteiger partial charge in [-0.05, 0) is 43.5 Å². The summed E-state index contributed by atoms with van der Waals surface area (Å²) in [6.07, 6.45) is 0. The molecule has 3 nitrogen and oxygen atoms in total. The quantitative estimate of drug-likeness (QED) is 0.866. The van der Waals surface area contributed by atoms with Gasteiger partial charge in [-0.25, -0.2) is 0 Å². The van der Waals surface area contributed by atoms with E-state index in [4.69, 9.17) is 5.11 Å². The molecule has 2 aromatic rings. The highest BCUT2D eigenvalue weighted by Gasteiger charge is 2.10. The van der Waals surface area contributed by atoms with Crippen molar-refractivity contribution in [2.45, 2.75) is 33.4 Å². The van der Waals surface area contributed by atoms with Crippen molar-refractivity contribution in [1.82, 2.24) is 10.3 Å². The number of benzene rings is 1. The van der Waals surface area contributed by atoms with E-state index in [0.29, 0.717) is 6.04 Å². The first-order chi connectivity index (χ1) is 9.10. The highest BCUT2D eigenvalue weighted by atomic mass is 16.3. The van der Waals surface area contributed by atoms with Crippen LogP contribution in [0.5, 0.6) is 0 Å². The van der Waals surface area contributed by atoms with Crippen molar-refractivity contribution < 1.29 is 5.11 Å². The molecular formula is C16H22N2O. The number of hydrogen-bond donors (Lipinski definition) is 2. The molecule has 102 valence electrons. The first-order valence-corrected chi connectivity index (χ1v) is 6.80. The van der Waals surface area contributed by atoms with Crippen LogP contribution in [-0.4, -0.2) is 22.7 Å². The van der Waals surface area contributed by atoms with Gasteiger partial charge < -0.3 is 10.4 Å². The van der Waals surface area contributed by atoms with Crippen LogP contribution in [0.25, 0.3) is 10.9 Å². The van der Waals surface area contributed by atoms with Gasteiger partial charge in [0.05, 0.1) is 5.52 Å². The van der Waals surface area contributed by atoms with Gasteiger partial charge in [0.25, 0.3) is 0 Å². The fraction of sp³-hybridized carbons (Fsp3) is 0.438. The Morgan fingerprint density at radius 1 is 1.21 bits per heavy atom. The Kier molecular flexibility index (Phi) is 4.51. The zero-order chi connectivity index (χ0) is 13.8. The summed E-state index contributed by atoms with van der Waals surface area (Å²) < 4.78 is 0. The number of pyridine rings is 1. The SMILES string of the molecule is Cc1ccc2cc(CNC(C)C(C)CO)ccc2n1. The number of nitrogens with zero attached hydrogens (tertiary/aromatic N) is 1. The molecule has 2 atom stereocenters. The van der Waals surface area contributed by atoms with Crippen LogP contribution >= 0.6 is 0 Å². The second-order valence-corrected chi connectivity index (χ2v) is 5.31. The van der Waals surface area contributed by atoms with E-state index in [9.17, 15) is 0 Å². The van der Waals surface area contributed by atoms with Crippen molar-refractivity contribution in [3.05, 3.63) is 41.6 Å². The number of hydrogen-bond acceptors (Lipinski definition) is 3. The van der Waals surface area contributed by atoms with Gasteiger partial charge in [0, 0.05) is 30.3 Å². The summed E-state index contributed by atoms with van der Waals surface area (Å²) in [5.41, 5.74) is 3.33. The van der Waals surface area contributed by atoms with Gasteiger partial charge in [-0.3, -0.25) is 4.98 Å². The van der Waals surface area contributed by atoms with Gasteiger partial charge in [-0.15, -0.1) is 0 Å². The van der Waals surface area contributed by atoms with Gasteiger partial charge >= 0.3 is 0 Å². The highest BCUT2D eigenvalue weighted by Crippen LogP contribution is 2.15. The van der Waals surface area contributed by atoms with Crippen molar-refractivity contribution in [3.8, 4) is 0 Å². The predicted molar refractivity (Wildman–Crippen MR) is 79.0 cm³/mol. The molecule has 3 heteroatoms. The fourth-order valence-electron chi connectivity index (χ4n) is 2.03. The molecule has 1 aromatic heterocycles. The summed E-state index contributed by atoms with van der Waals surface area (Å²) in [4.78, 5) is 4.50. The van der Waals surface area contributed by atoms with Gasteiger partial charge in [0.15, 0.2) is 0 Å². The summed E-state index contributed by atoms with van der Waals surface area (Å²) in [6, 6.07) is 10.8. The average molecular weight is 258 g/mol. The molecule has 2 rings (SSSR count). The van der Waals surface area contributed by atoms with Crippen LogP contribution in [0.3, 0.4) is 0 Å². The molecule has 19 heavy (non-hydrogen) atoms. The largest absolute Gasteiger partial charge is 0.396 e. The molecule has 0 aliphatic heterocycles. The number of aliphatic hydroxyl groups is 1. The number of aromatic nitrogens is 1. The average Bonchev–Trinajstić information content (AvgIpc) is 2.43. The zero-order valence-corrected chi connectivity index (χ0v) is 11.9. The van der Waals surface area contributed by atoms with E-state index in [2.05, 4.69) is 41.5 Å². The molecule has 0 saturated carbocycles. The number of aliphatic hydroxyl groups excluding tert-OH is 1. The second kappa shape index (κ2) is 6.13. The summed E-state index contributed by atoms with van der Waals surface area (Å²) in [5.74, 6) is 0.268. The van der Waals surface area contributed by atoms with E-state index < -0.39 is 0 Å². The Morgan fingerprint density at radius 3 is 2.74 bits per heavy atom. The van der Waals surface area contributed by atoms with Gasteiger partial charge in [0.2, 0.25) is 0 Å². The van der Waals surface area contributed by atoms with E-state index in [-0.39, 0.29) is 12.5 Å². The van der Waals surface area contributed by atoms with E-state index in [1.54, 1.807) is 0 Å². The van der Waals surface area contributed by atoms with Gasteiger partial charge in [0.1, 0.15) is 0 Å². The zero-order valence-electron chi connectivity index (χ0n) is 11.9. The van der Waals surface area contributed by atoms with Crippen LogP contribution in [0.2, 0.25) is 0 Å². The first-order valence-electron chi connectivity index (χ1n) is 6.80. The van der Waals surface area contributed by atoms with Gasteiger partial charge in [-0.1, -0.05) is 19.1 Å². The van der Waals surface area contributed by atoms with Crippen LogP contribution in [0.1, 0.15) is 25.1 Å². The highest BCUT2D eigenvalue weighted by molar-refractivity contribution is 5.79. The molecule has 1 heterocycles. The standard InChI is InChI=1S/C16H22N2O/c1-11(10-19)13(3)17-9-14-5-7-16-15(8-14)6-4-12(2)18-16/h4-8,11,13,17,19H,9-10H2,1-3H3. The molecule has 0 aliphatic rings. The molecular weight excluding hydrogens is 236 g/mol. The Hall–Kier alpha value is -1.45. The van der Waals surface area contributed by atoms with Crippen molar-refractivity contribution >= 4 is 10.9 Å². The summed E-state index contributed by atoms with van der Waals surface area (Å²) in [5, 5.41) is 13.7. The number of fused-ring (bicyclic) bond motifs is 1. The number of rotatable bonds is 5. The lowest BCUT2D eigenvalue weighted by Gasteiger charge is -2.19. The molecule has 0 saturated heterocycles. The molecule has 0 bridgehead atoms. The van der Waals surface area contributed by atoms with E-state index in [1.807, 2.05) is 19.9 Å². The van der Waals surface area contributed by atoms with Crippen LogP contribution in [0.15, 0.2) is 30.3 Å².